The zero-order chi connectivity index (χ0) is 17.7. The summed E-state index contributed by atoms with van der Waals surface area (Å²) < 4.78 is 0. The minimum atomic E-state index is -0.386. The molecule has 2 aromatic rings. The third-order valence-electron chi connectivity index (χ3n) is 3.49. The van der Waals surface area contributed by atoms with Crippen molar-refractivity contribution in [1.82, 2.24) is 10.3 Å². The Bertz CT molecular complexity index is 742. The predicted octanol–water partition coefficient (Wildman–Crippen LogP) is 3.93. The number of hydrogen-bond acceptors (Lipinski definition) is 4. The molecule has 0 spiro atoms. The first-order chi connectivity index (χ1) is 11.4. The van der Waals surface area contributed by atoms with Crippen molar-refractivity contribution in [1.29, 1.82) is 0 Å². The van der Waals surface area contributed by atoms with Crippen LogP contribution in [0.25, 0.3) is 0 Å². The Labute approximate surface area is 145 Å². The largest absolute Gasteiger partial charge is 0.349 e. The number of aryl methyl sites for hydroxylation is 2. The van der Waals surface area contributed by atoms with Gasteiger partial charge in [-0.05, 0) is 44.9 Å². The molecule has 7 heteroatoms. The van der Waals surface area contributed by atoms with Crippen LogP contribution in [0.15, 0.2) is 24.3 Å². The number of rotatable bonds is 5. The van der Waals surface area contributed by atoms with Gasteiger partial charge in [-0.2, -0.15) is 0 Å². The van der Waals surface area contributed by atoms with E-state index in [9.17, 15) is 9.59 Å². The highest BCUT2D eigenvalue weighted by molar-refractivity contribution is 7.17. The Hall–Kier alpha value is -2.41. The van der Waals surface area contributed by atoms with Crippen LogP contribution in [0, 0.1) is 13.8 Å². The number of aromatic nitrogens is 1. The van der Waals surface area contributed by atoms with Gasteiger partial charge in [0.05, 0.1) is 5.69 Å². The molecule has 0 aliphatic rings. The highest BCUT2D eigenvalue weighted by Gasteiger charge is 2.17. The Kier molecular flexibility index (Phi) is 5.92. The van der Waals surface area contributed by atoms with E-state index < -0.39 is 0 Å². The molecular formula is C17H22N4O2S. The topological polar surface area (TPSA) is 83.1 Å². The minimum Gasteiger partial charge on any atom is -0.349 e. The van der Waals surface area contributed by atoms with Crippen LogP contribution in [0.1, 0.15) is 41.2 Å². The van der Waals surface area contributed by atoms with Gasteiger partial charge in [0.15, 0.2) is 5.13 Å². The average molecular weight is 346 g/mol. The number of anilines is 2. The fourth-order valence-electron chi connectivity index (χ4n) is 2.03. The summed E-state index contributed by atoms with van der Waals surface area (Å²) in [4.78, 5) is 29.0. The molecule has 0 radical (unpaired) electrons. The molecule has 0 saturated carbocycles. The molecule has 1 aromatic heterocycles. The van der Waals surface area contributed by atoms with Gasteiger partial charge in [0, 0.05) is 11.7 Å². The standard InChI is InChI=1S/C17H22N4O2S/c1-5-11(3)18-15(22)14-12(4)19-17(24-14)21-16(23)20-13-8-6-7-10(2)9-13/h6-9,11H,5H2,1-4H3,(H,18,22)(H2,19,20,21,23). The maximum atomic E-state index is 12.2. The molecule has 128 valence electrons. The van der Waals surface area contributed by atoms with Gasteiger partial charge in [-0.25, -0.2) is 9.78 Å². The number of thiazole rings is 1. The van der Waals surface area contributed by atoms with Crippen molar-refractivity contribution in [3.63, 3.8) is 0 Å². The van der Waals surface area contributed by atoms with Gasteiger partial charge in [0.1, 0.15) is 4.88 Å². The van der Waals surface area contributed by atoms with Crippen molar-refractivity contribution in [3.8, 4) is 0 Å². The van der Waals surface area contributed by atoms with E-state index >= 15 is 0 Å². The lowest BCUT2D eigenvalue weighted by atomic mass is 10.2. The third kappa shape index (κ3) is 4.79. The van der Waals surface area contributed by atoms with E-state index in [0.717, 1.165) is 12.0 Å². The molecule has 1 unspecified atom stereocenters. The summed E-state index contributed by atoms with van der Waals surface area (Å²) in [5.41, 5.74) is 2.36. The van der Waals surface area contributed by atoms with E-state index in [4.69, 9.17) is 0 Å². The maximum absolute atomic E-state index is 12.2. The summed E-state index contributed by atoms with van der Waals surface area (Å²) in [5, 5.41) is 8.72. The van der Waals surface area contributed by atoms with E-state index in [-0.39, 0.29) is 18.0 Å². The molecule has 24 heavy (non-hydrogen) atoms. The van der Waals surface area contributed by atoms with Crippen molar-refractivity contribution >= 4 is 34.1 Å². The third-order valence-corrected chi connectivity index (χ3v) is 4.56. The number of urea groups is 1. The van der Waals surface area contributed by atoms with Crippen LogP contribution in [0.4, 0.5) is 15.6 Å². The maximum Gasteiger partial charge on any atom is 0.325 e. The molecule has 1 aromatic carbocycles. The Morgan fingerprint density at radius 3 is 2.67 bits per heavy atom. The molecule has 3 amide bonds. The zero-order valence-electron chi connectivity index (χ0n) is 14.3. The molecular weight excluding hydrogens is 324 g/mol. The van der Waals surface area contributed by atoms with Crippen LogP contribution in [0.3, 0.4) is 0 Å². The van der Waals surface area contributed by atoms with Gasteiger partial charge < -0.3 is 10.6 Å². The van der Waals surface area contributed by atoms with Gasteiger partial charge in [-0.15, -0.1) is 0 Å². The normalized spacial score (nSPS) is 11.7. The SMILES string of the molecule is CCC(C)NC(=O)c1sc(NC(=O)Nc2cccc(C)c2)nc1C. The smallest absolute Gasteiger partial charge is 0.325 e. The van der Waals surface area contributed by atoms with E-state index in [2.05, 4.69) is 20.9 Å². The first-order valence-electron chi connectivity index (χ1n) is 7.82. The van der Waals surface area contributed by atoms with Crippen LogP contribution < -0.4 is 16.0 Å². The highest BCUT2D eigenvalue weighted by atomic mass is 32.1. The number of nitrogens with one attached hydrogen (secondary N) is 3. The summed E-state index contributed by atoms with van der Waals surface area (Å²) in [6.45, 7) is 7.66. The molecule has 0 fully saturated rings. The predicted molar refractivity (Wildman–Crippen MR) is 97.9 cm³/mol. The molecule has 0 bridgehead atoms. The van der Waals surface area contributed by atoms with E-state index in [1.165, 1.54) is 11.3 Å². The summed E-state index contributed by atoms with van der Waals surface area (Å²) in [7, 11) is 0. The fourth-order valence-corrected chi connectivity index (χ4v) is 2.90. The highest BCUT2D eigenvalue weighted by Crippen LogP contribution is 2.23. The second-order valence-corrected chi connectivity index (χ2v) is 6.66. The summed E-state index contributed by atoms with van der Waals surface area (Å²) in [6, 6.07) is 7.22. The van der Waals surface area contributed by atoms with Crippen molar-refractivity contribution in [2.45, 2.75) is 40.2 Å². The average Bonchev–Trinajstić information content (AvgIpc) is 2.87. The molecule has 2 rings (SSSR count). The van der Waals surface area contributed by atoms with Crippen LogP contribution >= 0.6 is 11.3 Å². The summed E-state index contributed by atoms with van der Waals surface area (Å²) in [5.74, 6) is -0.161. The van der Waals surface area contributed by atoms with Crippen LogP contribution in [-0.4, -0.2) is 23.0 Å². The quantitative estimate of drug-likeness (QED) is 0.767. The minimum absolute atomic E-state index is 0.0972. The van der Waals surface area contributed by atoms with Crippen molar-refractivity contribution in [2.75, 3.05) is 10.6 Å². The van der Waals surface area contributed by atoms with E-state index in [1.807, 2.05) is 45.0 Å². The van der Waals surface area contributed by atoms with Crippen LogP contribution in [0.2, 0.25) is 0 Å². The van der Waals surface area contributed by atoms with Crippen molar-refractivity contribution in [3.05, 3.63) is 40.4 Å². The van der Waals surface area contributed by atoms with Crippen LogP contribution in [0.5, 0.6) is 0 Å². The molecule has 6 nitrogen and oxygen atoms in total. The number of hydrogen-bond donors (Lipinski definition) is 3. The lowest BCUT2D eigenvalue weighted by molar-refractivity contribution is 0.0942. The van der Waals surface area contributed by atoms with Crippen molar-refractivity contribution in [2.24, 2.45) is 0 Å². The molecule has 1 heterocycles. The fraction of sp³-hybridized carbons (Fsp3) is 0.353. The Morgan fingerprint density at radius 2 is 2.00 bits per heavy atom. The second-order valence-electron chi connectivity index (χ2n) is 5.66. The van der Waals surface area contributed by atoms with Gasteiger partial charge in [-0.3, -0.25) is 10.1 Å². The Morgan fingerprint density at radius 1 is 1.25 bits per heavy atom. The molecule has 0 aliphatic carbocycles. The Balaban J connectivity index is 2.01. The molecule has 0 aliphatic heterocycles. The van der Waals surface area contributed by atoms with E-state index in [1.54, 1.807) is 6.92 Å². The number of nitrogens with zero attached hydrogens (tertiary/aromatic N) is 1. The summed E-state index contributed by atoms with van der Waals surface area (Å²) in [6.07, 6.45) is 0.855. The monoisotopic (exact) mass is 346 g/mol. The summed E-state index contributed by atoms with van der Waals surface area (Å²) >= 11 is 1.17. The van der Waals surface area contributed by atoms with Gasteiger partial charge >= 0.3 is 6.03 Å². The number of carbonyl (C=O) groups is 2. The second kappa shape index (κ2) is 7.92. The van der Waals surface area contributed by atoms with Gasteiger partial charge in [0.25, 0.3) is 5.91 Å². The first-order valence-corrected chi connectivity index (χ1v) is 8.63. The van der Waals surface area contributed by atoms with E-state index in [0.29, 0.717) is 21.4 Å². The zero-order valence-corrected chi connectivity index (χ0v) is 15.1. The lowest BCUT2D eigenvalue weighted by Crippen LogP contribution is -2.31. The number of amides is 3. The molecule has 0 saturated heterocycles. The number of benzene rings is 1. The first kappa shape index (κ1) is 17.9. The van der Waals surface area contributed by atoms with Gasteiger partial charge in [-0.1, -0.05) is 30.4 Å². The number of carbonyl (C=O) groups excluding carboxylic acids is 2. The van der Waals surface area contributed by atoms with Crippen molar-refractivity contribution < 1.29 is 9.59 Å². The lowest BCUT2D eigenvalue weighted by Gasteiger charge is -2.10. The molecule has 3 N–H and O–H groups in total. The molecule has 1 atom stereocenters. The van der Waals surface area contributed by atoms with Gasteiger partial charge in [0.2, 0.25) is 0 Å². The van der Waals surface area contributed by atoms with Crippen LogP contribution in [-0.2, 0) is 0 Å².